The Morgan fingerprint density at radius 2 is 2.35 bits per heavy atom. The Kier molecular flexibility index (Phi) is 3.94. The predicted molar refractivity (Wildman–Crippen MR) is 86.8 cm³/mol. The number of benzene rings is 1. The topological polar surface area (TPSA) is 65.4 Å². The van der Waals surface area contributed by atoms with E-state index in [0.717, 1.165) is 0 Å². The molecule has 23 heavy (non-hydrogen) atoms. The van der Waals surface area contributed by atoms with Crippen LogP contribution in [0.5, 0.6) is 0 Å². The maximum atomic E-state index is 14.3. The largest absolute Gasteiger partial charge is 0.442 e. The molecule has 1 saturated heterocycles. The number of nitrogens with zero attached hydrogens (tertiary/aromatic N) is 2. The van der Waals surface area contributed by atoms with E-state index in [1.165, 1.54) is 11.0 Å². The number of ether oxygens (including phenoxy) is 1. The van der Waals surface area contributed by atoms with Gasteiger partial charge in [-0.05, 0) is 31.9 Å². The number of nitrogens with one attached hydrogen (secondary N) is 1. The highest BCUT2D eigenvalue weighted by Gasteiger charge is 2.47. The Morgan fingerprint density at radius 1 is 1.61 bits per heavy atom. The van der Waals surface area contributed by atoms with Crippen molar-refractivity contribution < 1.29 is 13.9 Å². The molecule has 3 rings (SSSR count). The molecule has 2 fully saturated rings. The van der Waals surface area contributed by atoms with E-state index in [9.17, 15) is 14.4 Å². The third-order valence-electron chi connectivity index (χ3n) is 4.20. The first-order chi connectivity index (χ1) is 10.9. The Hall–Kier alpha value is -2.20. The minimum atomic E-state index is -0.683. The zero-order valence-corrected chi connectivity index (χ0v) is 13.5. The van der Waals surface area contributed by atoms with Gasteiger partial charge in [-0.1, -0.05) is 18.3 Å². The number of halogens is 1. The zero-order valence-electron chi connectivity index (χ0n) is 12.6. The van der Waals surface area contributed by atoms with E-state index in [1.54, 1.807) is 19.1 Å². The third-order valence-corrected chi connectivity index (χ3v) is 4.34. The monoisotopic (exact) mass is 333 g/mol. The van der Waals surface area contributed by atoms with E-state index in [0.29, 0.717) is 42.2 Å². The lowest BCUT2D eigenvalue weighted by molar-refractivity contribution is 0.143. The SMILES string of the molecule is CC(=S)NCC1CN(c2ccc(C3(C#N)CC3)c(F)c2)C(=O)O1. The summed E-state index contributed by atoms with van der Waals surface area (Å²) in [5.74, 6) is -0.453. The molecule has 1 aliphatic heterocycles. The number of amides is 1. The second-order valence-electron chi connectivity index (χ2n) is 5.91. The normalized spacial score (nSPS) is 21.5. The average molecular weight is 333 g/mol. The van der Waals surface area contributed by atoms with Gasteiger partial charge in [-0.2, -0.15) is 5.26 Å². The van der Waals surface area contributed by atoms with Crippen molar-refractivity contribution in [3.63, 3.8) is 0 Å². The Morgan fingerprint density at radius 3 is 2.91 bits per heavy atom. The van der Waals surface area contributed by atoms with Crippen molar-refractivity contribution >= 4 is 29.0 Å². The molecule has 1 atom stereocenters. The number of hydrogen-bond acceptors (Lipinski definition) is 4. The molecule has 120 valence electrons. The number of rotatable bonds is 4. The summed E-state index contributed by atoms with van der Waals surface area (Å²) >= 11 is 4.93. The van der Waals surface area contributed by atoms with E-state index >= 15 is 0 Å². The first kappa shape index (κ1) is 15.7. The third kappa shape index (κ3) is 2.99. The molecule has 1 aromatic rings. The van der Waals surface area contributed by atoms with Gasteiger partial charge in [-0.25, -0.2) is 9.18 Å². The van der Waals surface area contributed by atoms with E-state index in [2.05, 4.69) is 11.4 Å². The lowest BCUT2D eigenvalue weighted by Crippen LogP contribution is -2.32. The zero-order chi connectivity index (χ0) is 16.6. The average Bonchev–Trinajstić information content (AvgIpc) is 3.22. The van der Waals surface area contributed by atoms with Crippen molar-refractivity contribution in [2.75, 3.05) is 18.0 Å². The van der Waals surface area contributed by atoms with Crippen LogP contribution in [0.3, 0.4) is 0 Å². The smallest absolute Gasteiger partial charge is 0.414 e. The highest BCUT2D eigenvalue weighted by molar-refractivity contribution is 7.80. The number of carbonyl (C=O) groups excluding carboxylic acids is 1. The van der Waals surface area contributed by atoms with E-state index in [-0.39, 0.29) is 6.10 Å². The standard InChI is InChI=1S/C16H16FN3O2S/c1-10(23)19-7-12-8-20(15(21)22-12)11-2-3-13(14(17)6-11)16(9-18)4-5-16/h2-3,6,12H,4-5,7-8H2,1H3,(H,19,23). The lowest BCUT2D eigenvalue weighted by atomic mass is 9.97. The van der Waals surface area contributed by atoms with Crippen molar-refractivity contribution in [2.45, 2.75) is 31.3 Å². The second-order valence-corrected chi connectivity index (χ2v) is 6.52. The molecule has 0 aromatic heterocycles. The van der Waals surface area contributed by atoms with Crippen molar-refractivity contribution in [3.05, 3.63) is 29.6 Å². The van der Waals surface area contributed by atoms with Gasteiger partial charge in [-0.15, -0.1) is 0 Å². The Balaban J connectivity index is 1.75. The van der Waals surface area contributed by atoms with Gasteiger partial charge >= 0.3 is 6.09 Å². The molecule has 1 heterocycles. The Bertz CT molecular complexity index is 712. The summed E-state index contributed by atoms with van der Waals surface area (Å²) in [6, 6.07) is 6.74. The molecule has 2 aliphatic rings. The molecule has 1 saturated carbocycles. The van der Waals surface area contributed by atoms with Crippen molar-refractivity contribution in [3.8, 4) is 6.07 Å². The molecule has 1 unspecified atom stereocenters. The first-order valence-electron chi connectivity index (χ1n) is 7.39. The molecule has 1 aromatic carbocycles. The highest BCUT2D eigenvalue weighted by Crippen LogP contribution is 2.48. The van der Waals surface area contributed by atoms with Crippen LogP contribution in [-0.2, 0) is 10.2 Å². The molecule has 0 bridgehead atoms. The molecule has 1 aliphatic carbocycles. The number of hydrogen-bond donors (Lipinski definition) is 1. The van der Waals surface area contributed by atoms with Gasteiger partial charge in [0.25, 0.3) is 0 Å². The fourth-order valence-corrected chi connectivity index (χ4v) is 2.81. The maximum absolute atomic E-state index is 14.3. The summed E-state index contributed by atoms with van der Waals surface area (Å²) < 4.78 is 19.6. The summed E-state index contributed by atoms with van der Waals surface area (Å²) in [5, 5.41) is 12.1. The summed E-state index contributed by atoms with van der Waals surface area (Å²) in [6.07, 6.45) is 0.510. The van der Waals surface area contributed by atoms with Crippen LogP contribution in [0.1, 0.15) is 25.3 Å². The van der Waals surface area contributed by atoms with Crippen LogP contribution in [0.2, 0.25) is 0 Å². The minimum absolute atomic E-state index is 0.330. The van der Waals surface area contributed by atoms with Gasteiger partial charge in [0.1, 0.15) is 11.9 Å². The second kappa shape index (κ2) is 5.78. The predicted octanol–water partition coefficient (Wildman–Crippen LogP) is 2.64. The van der Waals surface area contributed by atoms with Gasteiger partial charge in [-0.3, -0.25) is 4.90 Å². The Labute approximate surface area is 139 Å². The van der Waals surface area contributed by atoms with Gasteiger partial charge in [0.05, 0.1) is 35.2 Å². The maximum Gasteiger partial charge on any atom is 0.414 e. The van der Waals surface area contributed by atoms with Crippen LogP contribution in [0.25, 0.3) is 0 Å². The molecule has 1 amide bonds. The number of carbonyl (C=O) groups is 1. The molecule has 1 N–H and O–H groups in total. The van der Waals surface area contributed by atoms with Gasteiger partial charge in [0.15, 0.2) is 0 Å². The summed E-state index contributed by atoms with van der Waals surface area (Å²) in [5.41, 5.74) is 0.162. The van der Waals surface area contributed by atoms with Crippen molar-refractivity contribution in [1.29, 1.82) is 5.26 Å². The minimum Gasteiger partial charge on any atom is -0.442 e. The molecular weight excluding hydrogens is 317 g/mol. The lowest BCUT2D eigenvalue weighted by Gasteiger charge is -2.15. The molecule has 7 heteroatoms. The summed E-state index contributed by atoms with van der Waals surface area (Å²) in [7, 11) is 0. The molecular formula is C16H16FN3O2S. The van der Waals surface area contributed by atoms with Gasteiger partial charge in [0.2, 0.25) is 0 Å². The van der Waals surface area contributed by atoms with Crippen molar-refractivity contribution in [2.24, 2.45) is 0 Å². The number of anilines is 1. The summed E-state index contributed by atoms with van der Waals surface area (Å²) in [6.45, 7) is 2.51. The van der Waals surface area contributed by atoms with E-state index in [4.69, 9.17) is 17.0 Å². The van der Waals surface area contributed by atoms with Crippen LogP contribution in [-0.4, -0.2) is 30.3 Å². The first-order valence-corrected chi connectivity index (χ1v) is 7.80. The summed E-state index contributed by atoms with van der Waals surface area (Å²) in [4.78, 5) is 14.0. The van der Waals surface area contributed by atoms with Crippen LogP contribution in [0.4, 0.5) is 14.9 Å². The molecule has 5 nitrogen and oxygen atoms in total. The van der Waals surface area contributed by atoms with E-state index < -0.39 is 17.3 Å². The van der Waals surface area contributed by atoms with E-state index in [1.807, 2.05) is 0 Å². The van der Waals surface area contributed by atoms with Gasteiger partial charge < -0.3 is 10.1 Å². The number of nitriles is 1. The molecule has 0 spiro atoms. The quantitative estimate of drug-likeness (QED) is 0.858. The van der Waals surface area contributed by atoms with Crippen molar-refractivity contribution in [1.82, 2.24) is 5.32 Å². The fourth-order valence-electron chi connectivity index (χ4n) is 2.72. The van der Waals surface area contributed by atoms with Crippen LogP contribution in [0, 0.1) is 17.1 Å². The fraction of sp³-hybridized carbons (Fsp3) is 0.438. The van der Waals surface area contributed by atoms with Crippen LogP contribution >= 0.6 is 12.2 Å². The molecule has 0 radical (unpaired) electrons. The van der Waals surface area contributed by atoms with Crippen LogP contribution in [0.15, 0.2) is 18.2 Å². The number of cyclic esters (lactones) is 1. The highest BCUT2D eigenvalue weighted by atomic mass is 32.1. The van der Waals surface area contributed by atoms with Crippen LogP contribution < -0.4 is 10.2 Å². The van der Waals surface area contributed by atoms with Gasteiger partial charge in [0, 0.05) is 5.56 Å². The number of thiocarbonyl (C=S) groups is 1.